The highest BCUT2D eigenvalue weighted by Crippen LogP contribution is 2.33. The van der Waals surface area contributed by atoms with Gasteiger partial charge in [0, 0.05) is 23.0 Å². The Hall–Kier alpha value is -0.280. The van der Waals surface area contributed by atoms with Gasteiger partial charge in [-0.1, -0.05) is 36.2 Å². The van der Waals surface area contributed by atoms with Crippen LogP contribution in [0.1, 0.15) is 38.2 Å². The maximum Gasteiger partial charge on any atom is 0.0701 e. The van der Waals surface area contributed by atoms with Crippen molar-refractivity contribution in [2.24, 2.45) is 0 Å². The monoisotopic (exact) mass is 315 g/mol. The first-order valence-corrected chi connectivity index (χ1v) is 8.17. The van der Waals surface area contributed by atoms with Gasteiger partial charge in [0.25, 0.3) is 0 Å². The van der Waals surface area contributed by atoms with Crippen LogP contribution in [0.25, 0.3) is 0 Å². The number of rotatable bonds is 4. The van der Waals surface area contributed by atoms with Crippen LogP contribution < -0.4 is 0 Å². The predicted octanol–water partition coefficient (Wildman–Crippen LogP) is 4.16. The van der Waals surface area contributed by atoms with Gasteiger partial charge in [-0.15, -0.1) is 0 Å². The van der Waals surface area contributed by atoms with E-state index in [1.165, 1.54) is 0 Å². The summed E-state index contributed by atoms with van der Waals surface area (Å²) in [4.78, 5) is 2.44. The largest absolute Gasteiger partial charge is 0.389 e. The van der Waals surface area contributed by atoms with E-state index in [9.17, 15) is 5.11 Å². The van der Waals surface area contributed by atoms with Crippen molar-refractivity contribution < 1.29 is 5.11 Å². The molecule has 112 valence electrons. The molecule has 4 heteroatoms. The molecule has 20 heavy (non-hydrogen) atoms. The molecule has 1 atom stereocenters. The smallest absolute Gasteiger partial charge is 0.0701 e. The van der Waals surface area contributed by atoms with Crippen LogP contribution >= 0.6 is 23.2 Å². The Morgan fingerprint density at radius 2 is 1.90 bits per heavy atom. The van der Waals surface area contributed by atoms with E-state index in [0.29, 0.717) is 16.5 Å². The zero-order chi connectivity index (χ0) is 14.6. The van der Waals surface area contributed by atoms with E-state index in [2.05, 4.69) is 11.8 Å². The van der Waals surface area contributed by atoms with Crippen molar-refractivity contribution in [3.8, 4) is 0 Å². The van der Waals surface area contributed by atoms with Gasteiger partial charge in [-0.3, -0.25) is 0 Å². The van der Waals surface area contributed by atoms with Gasteiger partial charge in [-0.2, -0.15) is 0 Å². The van der Waals surface area contributed by atoms with Crippen LogP contribution in [0, 0.1) is 0 Å². The number of nitrogens with zero attached hydrogens (tertiary/aromatic N) is 1. The van der Waals surface area contributed by atoms with E-state index in [1.54, 1.807) is 0 Å². The quantitative estimate of drug-likeness (QED) is 0.901. The van der Waals surface area contributed by atoms with E-state index in [0.717, 1.165) is 50.9 Å². The summed E-state index contributed by atoms with van der Waals surface area (Å²) in [7, 11) is 0. The minimum atomic E-state index is -0.683. The summed E-state index contributed by atoms with van der Waals surface area (Å²) < 4.78 is 0. The first-order chi connectivity index (χ1) is 9.54. The van der Waals surface area contributed by atoms with E-state index >= 15 is 0 Å². The summed E-state index contributed by atoms with van der Waals surface area (Å²) in [6.45, 7) is 5.34. The highest BCUT2D eigenvalue weighted by Gasteiger charge is 2.31. The number of hydrogen-bond donors (Lipinski definition) is 1. The van der Waals surface area contributed by atoms with Crippen molar-refractivity contribution in [3.05, 3.63) is 33.8 Å². The highest BCUT2D eigenvalue weighted by molar-refractivity contribution is 6.36. The highest BCUT2D eigenvalue weighted by atomic mass is 35.5. The number of halogens is 2. The van der Waals surface area contributed by atoms with Crippen LogP contribution in [0.2, 0.25) is 10.0 Å². The third kappa shape index (κ3) is 4.11. The van der Waals surface area contributed by atoms with Crippen molar-refractivity contribution in [3.63, 3.8) is 0 Å². The van der Waals surface area contributed by atoms with Crippen LogP contribution in [-0.2, 0) is 6.42 Å². The Labute approximate surface area is 131 Å². The molecule has 0 radical (unpaired) electrons. The maximum absolute atomic E-state index is 10.9. The summed E-state index contributed by atoms with van der Waals surface area (Å²) in [6.07, 6.45) is 4.34. The van der Waals surface area contributed by atoms with Gasteiger partial charge in [-0.25, -0.2) is 0 Å². The van der Waals surface area contributed by atoms with E-state index < -0.39 is 5.60 Å². The Bertz CT molecular complexity index is 432. The molecule has 1 N–H and O–H groups in total. The van der Waals surface area contributed by atoms with Gasteiger partial charge in [0.1, 0.15) is 0 Å². The fourth-order valence-corrected chi connectivity index (χ4v) is 3.51. The average Bonchev–Trinajstić information content (AvgIpc) is 2.58. The van der Waals surface area contributed by atoms with Crippen LogP contribution in [0.4, 0.5) is 0 Å². The first kappa shape index (κ1) is 16.1. The van der Waals surface area contributed by atoms with Gasteiger partial charge < -0.3 is 10.0 Å². The molecule has 0 bridgehead atoms. The van der Waals surface area contributed by atoms with Crippen molar-refractivity contribution >= 4 is 23.2 Å². The van der Waals surface area contributed by atoms with Crippen LogP contribution in [0.5, 0.6) is 0 Å². The molecular formula is C16H23Cl2NO. The predicted molar refractivity (Wildman–Crippen MR) is 85.7 cm³/mol. The molecule has 0 spiro atoms. The normalized spacial score (nSPS) is 24.6. The molecule has 1 aromatic carbocycles. The number of likely N-dealkylation sites (tertiary alicyclic amines) is 1. The Balaban J connectivity index is 2.07. The van der Waals surface area contributed by atoms with Gasteiger partial charge in [0.2, 0.25) is 0 Å². The zero-order valence-electron chi connectivity index (χ0n) is 12.0. The second-order valence-electron chi connectivity index (χ2n) is 5.80. The molecule has 1 unspecified atom stereocenters. The van der Waals surface area contributed by atoms with Gasteiger partial charge >= 0.3 is 0 Å². The van der Waals surface area contributed by atoms with Gasteiger partial charge in [-0.05, 0) is 56.5 Å². The standard InChI is InChI=1S/C16H23Cl2NO/c1-2-9-19-10-4-7-16(20,8-11-19)12-13-14(17)5-3-6-15(13)18/h3,5-6,20H,2,4,7-12H2,1H3. The maximum atomic E-state index is 10.9. The third-order valence-corrected chi connectivity index (χ3v) is 4.83. The number of aliphatic hydroxyl groups is 1. The summed E-state index contributed by atoms with van der Waals surface area (Å²) in [5.74, 6) is 0. The summed E-state index contributed by atoms with van der Waals surface area (Å²) in [6, 6.07) is 5.52. The minimum absolute atomic E-state index is 0.547. The second kappa shape index (κ2) is 7.13. The lowest BCUT2D eigenvalue weighted by Gasteiger charge is -2.28. The molecule has 0 amide bonds. The average molecular weight is 316 g/mol. The number of hydrogen-bond acceptors (Lipinski definition) is 2. The first-order valence-electron chi connectivity index (χ1n) is 7.42. The molecule has 1 aliphatic heterocycles. The molecule has 1 aliphatic rings. The fraction of sp³-hybridized carbons (Fsp3) is 0.625. The molecule has 2 rings (SSSR count). The molecule has 1 fully saturated rings. The molecule has 0 saturated carbocycles. The minimum Gasteiger partial charge on any atom is -0.389 e. The van der Waals surface area contributed by atoms with Gasteiger partial charge in [0.15, 0.2) is 0 Å². The fourth-order valence-electron chi connectivity index (χ4n) is 2.98. The van der Waals surface area contributed by atoms with E-state index in [4.69, 9.17) is 23.2 Å². The lowest BCUT2D eigenvalue weighted by atomic mass is 9.87. The zero-order valence-corrected chi connectivity index (χ0v) is 13.6. The van der Waals surface area contributed by atoms with Gasteiger partial charge in [0.05, 0.1) is 5.60 Å². The van der Waals surface area contributed by atoms with Crippen LogP contribution in [0.3, 0.4) is 0 Å². The molecular weight excluding hydrogens is 293 g/mol. The molecule has 1 aromatic rings. The lowest BCUT2D eigenvalue weighted by molar-refractivity contribution is 0.0257. The SMILES string of the molecule is CCCN1CCCC(O)(Cc2c(Cl)cccc2Cl)CC1. The summed E-state index contributed by atoms with van der Waals surface area (Å²) in [5, 5.41) is 12.2. The van der Waals surface area contributed by atoms with E-state index in [-0.39, 0.29) is 0 Å². The summed E-state index contributed by atoms with van der Waals surface area (Å²) in [5.41, 5.74) is 0.194. The number of benzene rings is 1. The molecule has 1 saturated heterocycles. The van der Waals surface area contributed by atoms with Crippen molar-refractivity contribution in [2.45, 2.75) is 44.6 Å². The molecule has 0 aromatic heterocycles. The molecule has 0 aliphatic carbocycles. The Kier molecular flexibility index (Phi) is 5.74. The van der Waals surface area contributed by atoms with Crippen molar-refractivity contribution in [2.75, 3.05) is 19.6 Å². The summed E-state index contributed by atoms with van der Waals surface area (Å²) >= 11 is 12.4. The van der Waals surface area contributed by atoms with E-state index in [1.807, 2.05) is 18.2 Å². The van der Waals surface area contributed by atoms with Crippen LogP contribution in [-0.4, -0.2) is 35.2 Å². The van der Waals surface area contributed by atoms with Crippen molar-refractivity contribution in [1.82, 2.24) is 4.90 Å². The second-order valence-corrected chi connectivity index (χ2v) is 6.61. The lowest BCUT2D eigenvalue weighted by Crippen LogP contribution is -2.33. The van der Waals surface area contributed by atoms with Crippen molar-refractivity contribution in [1.29, 1.82) is 0 Å². The topological polar surface area (TPSA) is 23.5 Å². The molecule has 2 nitrogen and oxygen atoms in total. The Morgan fingerprint density at radius 1 is 1.20 bits per heavy atom. The van der Waals surface area contributed by atoms with Crippen LogP contribution in [0.15, 0.2) is 18.2 Å². The Morgan fingerprint density at radius 3 is 2.55 bits per heavy atom. The molecule has 1 heterocycles. The third-order valence-electron chi connectivity index (χ3n) is 4.12.